The van der Waals surface area contributed by atoms with Crippen LogP contribution in [0.4, 0.5) is 17.6 Å². The number of piperidine rings is 2. The molecule has 0 atom stereocenters. The monoisotopic (exact) mass is 563 g/mol. The summed E-state index contributed by atoms with van der Waals surface area (Å²) in [6.45, 7) is -2.18. The molecule has 0 saturated carbocycles. The Bertz CT molecular complexity index is 1130. The minimum Gasteiger partial charge on any atom is -0.219 e. The lowest BCUT2D eigenvalue weighted by atomic mass is 10.2. The van der Waals surface area contributed by atoms with Crippen LogP contribution in [0.15, 0.2) is 0 Å². The Morgan fingerprint density at radius 3 is 1.12 bits per heavy atom. The van der Waals surface area contributed by atoms with E-state index in [4.69, 9.17) is 5.26 Å². The average Bonchev–Trinajstić information content (AvgIpc) is 2.74. The van der Waals surface area contributed by atoms with Crippen LogP contribution >= 0.6 is 0 Å². The first-order chi connectivity index (χ1) is 14.9. The molecule has 33 heavy (non-hydrogen) atoms. The minimum atomic E-state index is -7.06. The van der Waals surface area contributed by atoms with Crippen LogP contribution in [0.5, 0.6) is 0 Å². The van der Waals surface area contributed by atoms with Crippen LogP contribution < -0.4 is 0 Å². The van der Waals surface area contributed by atoms with Crippen LogP contribution in [0, 0.1) is 11.3 Å². The second-order valence-electron chi connectivity index (χ2n) is 7.41. The molecule has 19 heteroatoms. The maximum atomic E-state index is 14.7. The van der Waals surface area contributed by atoms with Crippen molar-refractivity contribution in [3.63, 3.8) is 0 Å². The van der Waals surface area contributed by atoms with E-state index in [1.807, 2.05) is 0 Å². The van der Waals surface area contributed by atoms with Gasteiger partial charge in [0.15, 0.2) is 0 Å². The highest BCUT2D eigenvalue weighted by Crippen LogP contribution is 2.42. The third-order valence-electron chi connectivity index (χ3n) is 5.24. The van der Waals surface area contributed by atoms with E-state index >= 15 is 0 Å². The van der Waals surface area contributed by atoms with E-state index in [0.29, 0.717) is 12.8 Å². The van der Waals surface area contributed by atoms with Crippen molar-refractivity contribution in [3.8, 4) is 6.07 Å². The van der Waals surface area contributed by atoms with Crippen molar-refractivity contribution in [1.82, 2.24) is 8.61 Å². The zero-order valence-electron chi connectivity index (χ0n) is 16.9. The molecule has 0 aromatic carbocycles. The zero-order chi connectivity index (χ0) is 25.5. The van der Waals surface area contributed by atoms with Crippen LogP contribution in [-0.4, -0.2) is 82.2 Å². The predicted molar refractivity (Wildman–Crippen MR) is 106 cm³/mol. The lowest BCUT2D eigenvalue weighted by molar-refractivity contribution is 0.161. The van der Waals surface area contributed by atoms with Crippen molar-refractivity contribution >= 4 is 39.7 Å². The van der Waals surface area contributed by atoms with E-state index in [0.717, 1.165) is 0 Å². The molecule has 2 rings (SSSR count). The van der Waals surface area contributed by atoms with E-state index in [-0.39, 0.29) is 40.4 Å². The number of nitriles is 1. The molecular formula is C14H21F4N3O8S4. The van der Waals surface area contributed by atoms with Crippen molar-refractivity contribution in [1.29, 1.82) is 5.26 Å². The molecule has 11 nitrogen and oxygen atoms in total. The number of sulfonamides is 2. The number of hydrogen-bond donors (Lipinski definition) is 0. The fourth-order valence-corrected chi connectivity index (χ4v) is 12.2. The third kappa shape index (κ3) is 4.37. The van der Waals surface area contributed by atoms with Crippen LogP contribution in [0.25, 0.3) is 0 Å². The maximum absolute atomic E-state index is 14.7. The highest BCUT2D eigenvalue weighted by atomic mass is 32.3. The number of halogens is 4. The van der Waals surface area contributed by atoms with Gasteiger partial charge in [-0.05, 0) is 25.7 Å². The molecule has 0 aliphatic carbocycles. The van der Waals surface area contributed by atoms with Gasteiger partial charge < -0.3 is 0 Å². The van der Waals surface area contributed by atoms with Gasteiger partial charge in [0.25, 0.3) is 44.3 Å². The minimum absolute atomic E-state index is 0.0533. The van der Waals surface area contributed by atoms with Crippen molar-refractivity contribution in [2.24, 2.45) is 0 Å². The average molecular weight is 564 g/mol. The van der Waals surface area contributed by atoms with Crippen molar-refractivity contribution in [2.45, 2.75) is 52.3 Å². The molecule has 192 valence electrons. The fraction of sp³-hybridized carbons (Fsp3) is 0.929. The molecular weight excluding hydrogens is 542 g/mol. The van der Waals surface area contributed by atoms with Gasteiger partial charge in [-0.1, -0.05) is 12.8 Å². The maximum Gasteiger partial charge on any atom is 0.461 e. The molecule has 2 aliphatic heterocycles. The molecule has 2 saturated heterocycles. The number of alkyl halides is 4. The SMILES string of the molecule is N#CC(S(=O)(=O)C(F)(F)S(=O)(=O)N1CCCCC1)S(=O)(=O)C(F)(F)S(=O)(=O)N1CCCCC1. The van der Waals surface area contributed by atoms with Crippen LogP contribution in [0.3, 0.4) is 0 Å². The summed E-state index contributed by atoms with van der Waals surface area (Å²) in [6.07, 6.45) is 1.15. The molecule has 0 bridgehead atoms. The van der Waals surface area contributed by atoms with E-state index in [1.54, 1.807) is 0 Å². The van der Waals surface area contributed by atoms with Crippen LogP contribution in [0.1, 0.15) is 38.5 Å². The first kappa shape index (κ1) is 28.2. The summed E-state index contributed by atoms with van der Waals surface area (Å²) in [5.74, 6) is 0. The van der Waals surface area contributed by atoms with Gasteiger partial charge in [-0.25, -0.2) is 33.7 Å². The molecule has 0 unspecified atom stereocenters. The number of sulfone groups is 2. The Hall–Kier alpha value is -1.07. The number of nitrogens with zero attached hydrogens (tertiary/aromatic N) is 3. The highest BCUT2D eigenvalue weighted by Gasteiger charge is 2.72. The molecule has 0 aromatic rings. The fourth-order valence-electron chi connectivity index (χ4n) is 3.36. The normalized spacial score (nSPS) is 21.1. The molecule has 0 aromatic heterocycles. The largest absolute Gasteiger partial charge is 0.461 e. The molecule has 0 radical (unpaired) electrons. The molecule has 2 aliphatic rings. The summed E-state index contributed by atoms with van der Waals surface area (Å²) in [5.41, 5.74) is 0. The van der Waals surface area contributed by atoms with Crippen LogP contribution in [0.2, 0.25) is 0 Å². The van der Waals surface area contributed by atoms with E-state index in [2.05, 4.69) is 0 Å². The Morgan fingerprint density at radius 1 is 0.606 bits per heavy atom. The molecule has 2 heterocycles. The summed E-state index contributed by atoms with van der Waals surface area (Å²) in [7, 11) is -26.4. The van der Waals surface area contributed by atoms with Crippen LogP contribution in [-0.2, 0) is 39.7 Å². The molecule has 0 spiro atoms. The number of rotatable bonds is 8. The van der Waals surface area contributed by atoms with Gasteiger partial charge in [-0.15, -0.1) is 0 Å². The summed E-state index contributed by atoms with van der Waals surface area (Å²) < 4.78 is 141. The quantitative estimate of drug-likeness (QED) is 0.380. The lowest BCUT2D eigenvalue weighted by Crippen LogP contribution is -2.57. The predicted octanol–water partition coefficient (Wildman–Crippen LogP) is 0.398. The Morgan fingerprint density at radius 2 is 0.879 bits per heavy atom. The summed E-state index contributed by atoms with van der Waals surface area (Å²) in [5, 5.41) is 8.98. The Kier molecular flexibility index (Phi) is 7.84. The summed E-state index contributed by atoms with van der Waals surface area (Å²) in [6, 6.07) is 0.243. The van der Waals surface area contributed by atoms with Crippen molar-refractivity contribution in [2.75, 3.05) is 26.2 Å². The van der Waals surface area contributed by atoms with E-state index in [9.17, 15) is 51.2 Å². The van der Waals surface area contributed by atoms with Crippen molar-refractivity contribution < 1.29 is 51.2 Å². The standard InChI is InChI=1S/C14H21F4N3O8S4/c15-13(16,32(26,27)20-7-3-1-4-8-20)30(22,23)12(11-19)31(24,25)14(17,18)33(28,29)21-9-5-2-6-10-21/h12H,1-10H2. The zero-order valence-corrected chi connectivity index (χ0v) is 20.2. The van der Waals surface area contributed by atoms with Gasteiger partial charge in [0.2, 0.25) is 0 Å². The van der Waals surface area contributed by atoms with Gasteiger partial charge >= 0.3 is 9.17 Å². The topological polar surface area (TPSA) is 167 Å². The smallest absolute Gasteiger partial charge is 0.219 e. The summed E-state index contributed by atoms with van der Waals surface area (Å²) in [4.78, 5) is 0. The van der Waals surface area contributed by atoms with E-state index < -0.39 is 79.7 Å². The highest BCUT2D eigenvalue weighted by molar-refractivity contribution is 8.20. The molecule has 2 fully saturated rings. The second kappa shape index (κ2) is 9.18. The van der Waals surface area contributed by atoms with Gasteiger partial charge in [0.05, 0.1) is 6.07 Å². The lowest BCUT2D eigenvalue weighted by Gasteiger charge is -2.32. The third-order valence-corrected chi connectivity index (χ3v) is 15.4. The number of hydrogen-bond acceptors (Lipinski definition) is 9. The van der Waals surface area contributed by atoms with Gasteiger partial charge in [-0.3, -0.25) is 0 Å². The molecule has 0 amide bonds. The second-order valence-corrected chi connectivity index (χ2v) is 16.3. The molecule has 0 N–H and O–H groups in total. The summed E-state index contributed by atoms with van der Waals surface area (Å²) >= 11 is 0. The van der Waals surface area contributed by atoms with Gasteiger partial charge in [0.1, 0.15) is 0 Å². The first-order valence-corrected chi connectivity index (χ1v) is 15.5. The van der Waals surface area contributed by atoms with Gasteiger partial charge in [-0.2, -0.15) is 31.4 Å². The first-order valence-electron chi connectivity index (χ1n) is 9.52. The van der Waals surface area contributed by atoms with Gasteiger partial charge in [0, 0.05) is 26.2 Å². The Labute approximate surface area is 189 Å². The van der Waals surface area contributed by atoms with Crippen molar-refractivity contribution in [3.05, 3.63) is 0 Å². The van der Waals surface area contributed by atoms with E-state index in [1.165, 1.54) is 0 Å². The Balaban J connectivity index is 2.57.